The molecule has 0 aliphatic heterocycles. The number of benzene rings is 1. The van der Waals surface area contributed by atoms with Crippen LogP contribution in [0.3, 0.4) is 0 Å². The van der Waals surface area contributed by atoms with E-state index in [9.17, 15) is 5.11 Å². The predicted octanol–water partition coefficient (Wildman–Crippen LogP) is 3.66. The number of aromatic nitrogens is 1. The predicted molar refractivity (Wildman–Crippen MR) is 69.4 cm³/mol. The molecule has 2 aromatic rings. The molecule has 0 spiro atoms. The Morgan fingerprint density at radius 3 is 2.71 bits per heavy atom. The summed E-state index contributed by atoms with van der Waals surface area (Å²) in [5.74, 6) is 0. The van der Waals surface area contributed by atoms with Gasteiger partial charge in [-0.15, -0.1) is 0 Å². The van der Waals surface area contributed by atoms with E-state index in [0.717, 1.165) is 11.1 Å². The Morgan fingerprint density at radius 2 is 2.00 bits per heavy atom. The molecule has 0 saturated carbocycles. The Kier molecular flexibility index (Phi) is 4.00. The Bertz CT molecular complexity index is 516. The SMILES string of the molecule is OC(Cc1cccc(Cl)c1)c1ccnc(Cl)c1. The highest BCUT2D eigenvalue weighted by molar-refractivity contribution is 6.30. The normalized spacial score (nSPS) is 12.4. The number of hydrogen-bond acceptors (Lipinski definition) is 2. The Balaban J connectivity index is 2.14. The highest BCUT2D eigenvalue weighted by atomic mass is 35.5. The van der Waals surface area contributed by atoms with Crippen molar-refractivity contribution in [3.8, 4) is 0 Å². The third-order valence-electron chi connectivity index (χ3n) is 2.45. The van der Waals surface area contributed by atoms with Crippen molar-refractivity contribution in [1.82, 2.24) is 4.98 Å². The van der Waals surface area contributed by atoms with Crippen LogP contribution >= 0.6 is 23.2 Å². The van der Waals surface area contributed by atoms with Crippen LogP contribution < -0.4 is 0 Å². The van der Waals surface area contributed by atoms with Crippen molar-refractivity contribution in [3.63, 3.8) is 0 Å². The van der Waals surface area contributed by atoms with Gasteiger partial charge >= 0.3 is 0 Å². The summed E-state index contributed by atoms with van der Waals surface area (Å²) in [6, 6.07) is 10.9. The second-order valence-corrected chi connectivity index (χ2v) is 4.59. The number of rotatable bonds is 3. The molecule has 17 heavy (non-hydrogen) atoms. The van der Waals surface area contributed by atoms with Gasteiger partial charge in [-0.3, -0.25) is 0 Å². The topological polar surface area (TPSA) is 33.1 Å². The highest BCUT2D eigenvalue weighted by Gasteiger charge is 2.09. The number of nitrogens with zero attached hydrogens (tertiary/aromatic N) is 1. The Morgan fingerprint density at radius 1 is 1.18 bits per heavy atom. The van der Waals surface area contributed by atoms with E-state index in [4.69, 9.17) is 23.2 Å². The zero-order valence-electron chi connectivity index (χ0n) is 8.98. The Hall–Kier alpha value is -1.09. The minimum Gasteiger partial charge on any atom is -0.388 e. The molecule has 1 heterocycles. The molecule has 2 nitrogen and oxygen atoms in total. The number of pyridine rings is 1. The first-order chi connectivity index (χ1) is 8.15. The lowest BCUT2D eigenvalue weighted by Gasteiger charge is -2.11. The van der Waals surface area contributed by atoms with Crippen LogP contribution in [0.2, 0.25) is 10.2 Å². The van der Waals surface area contributed by atoms with E-state index in [0.29, 0.717) is 16.6 Å². The van der Waals surface area contributed by atoms with Crippen molar-refractivity contribution in [1.29, 1.82) is 0 Å². The van der Waals surface area contributed by atoms with Crippen molar-refractivity contribution < 1.29 is 5.11 Å². The average Bonchev–Trinajstić information content (AvgIpc) is 2.29. The van der Waals surface area contributed by atoms with Crippen molar-refractivity contribution in [2.75, 3.05) is 0 Å². The van der Waals surface area contributed by atoms with Gasteiger partial charge in [0.05, 0.1) is 6.10 Å². The maximum Gasteiger partial charge on any atom is 0.129 e. The summed E-state index contributed by atoms with van der Waals surface area (Å²) >= 11 is 11.7. The van der Waals surface area contributed by atoms with Crippen LogP contribution in [0.15, 0.2) is 42.6 Å². The summed E-state index contributed by atoms with van der Waals surface area (Å²) in [5, 5.41) is 11.1. The first kappa shape index (κ1) is 12.4. The van der Waals surface area contributed by atoms with Gasteiger partial charge in [0.2, 0.25) is 0 Å². The number of halogens is 2. The van der Waals surface area contributed by atoms with Crippen LogP contribution in [-0.2, 0) is 6.42 Å². The van der Waals surface area contributed by atoms with Gasteiger partial charge in [-0.25, -0.2) is 4.98 Å². The lowest BCUT2D eigenvalue weighted by molar-refractivity contribution is 0.178. The zero-order valence-corrected chi connectivity index (χ0v) is 10.5. The molecule has 1 atom stereocenters. The summed E-state index contributed by atoms with van der Waals surface area (Å²) in [4.78, 5) is 3.88. The zero-order chi connectivity index (χ0) is 12.3. The molecule has 88 valence electrons. The molecule has 0 aliphatic carbocycles. The minimum atomic E-state index is -0.603. The van der Waals surface area contributed by atoms with E-state index < -0.39 is 6.10 Å². The fourth-order valence-corrected chi connectivity index (χ4v) is 2.02. The van der Waals surface area contributed by atoms with Crippen molar-refractivity contribution in [2.45, 2.75) is 12.5 Å². The van der Waals surface area contributed by atoms with E-state index >= 15 is 0 Å². The van der Waals surface area contributed by atoms with E-state index in [1.165, 1.54) is 0 Å². The van der Waals surface area contributed by atoms with Crippen LogP contribution in [0.4, 0.5) is 0 Å². The fraction of sp³-hybridized carbons (Fsp3) is 0.154. The van der Waals surface area contributed by atoms with Gasteiger partial charge in [-0.2, -0.15) is 0 Å². The molecule has 1 N–H and O–H groups in total. The summed E-state index contributed by atoms with van der Waals surface area (Å²) in [6.45, 7) is 0. The van der Waals surface area contributed by atoms with Gasteiger partial charge in [-0.05, 0) is 35.4 Å². The van der Waals surface area contributed by atoms with Gasteiger partial charge in [0.1, 0.15) is 5.15 Å². The lowest BCUT2D eigenvalue weighted by Crippen LogP contribution is -2.02. The Labute approximate surface area is 110 Å². The van der Waals surface area contributed by atoms with Crippen LogP contribution in [0.5, 0.6) is 0 Å². The molecule has 1 aromatic heterocycles. The highest BCUT2D eigenvalue weighted by Crippen LogP contribution is 2.21. The minimum absolute atomic E-state index is 0.382. The van der Waals surface area contributed by atoms with Crippen LogP contribution in [0, 0.1) is 0 Å². The molecular formula is C13H11Cl2NO. The quantitative estimate of drug-likeness (QED) is 0.861. The molecule has 0 bridgehead atoms. The smallest absolute Gasteiger partial charge is 0.129 e. The molecule has 2 rings (SSSR count). The van der Waals surface area contributed by atoms with E-state index in [-0.39, 0.29) is 0 Å². The van der Waals surface area contributed by atoms with Crippen molar-refractivity contribution in [3.05, 3.63) is 63.9 Å². The van der Waals surface area contributed by atoms with Crippen LogP contribution in [-0.4, -0.2) is 10.1 Å². The first-order valence-electron chi connectivity index (χ1n) is 5.19. The molecule has 0 amide bonds. The molecule has 1 aromatic carbocycles. The van der Waals surface area contributed by atoms with E-state index in [1.807, 2.05) is 18.2 Å². The number of aliphatic hydroxyl groups is 1. The fourth-order valence-electron chi connectivity index (χ4n) is 1.63. The summed E-state index contributed by atoms with van der Waals surface area (Å²) in [5.41, 5.74) is 1.74. The summed E-state index contributed by atoms with van der Waals surface area (Å²) < 4.78 is 0. The largest absolute Gasteiger partial charge is 0.388 e. The maximum absolute atomic E-state index is 10.1. The molecule has 4 heteroatoms. The first-order valence-corrected chi connectivity index (χ1v) is 5.95. The van der Waals surface area contributed by atoms with Gasteiger partial charge in [0.25, 0.3) is 0 Å². The van der Waals surface area contributed by atoms with Crippen molar-refractivity contribution in [2.24, 2.45) is 0 Å². The molecule has 0 saturated heterocycles. The third kappa shape index (κ3) is 3.43. The van der Waals surface area contributed by atoms with E-state index in [1.54, 1.807) is 24.4 Å². The molecule has 0 fully saturated rings. The van der Waals surface area contributed by atoms with Gasteiger partial charge in [-0.1, -0.05) is 35.3 Å². The average molecular weight is 268 g/mol. The van der Waals surface area contributed by atoms with E-state index in [2.05, 4.69) is 4.98 Å². The van der Waals surface area contributed by atoms with Crippen LogP contribution in [0.1, 0.15) is 17.2 Å². The van der Waals surface area contributed by atoms with Gasteiger partial charge in [0.15, 0.2) is 0 Å². The van der Waals surface area contributed by atoms with Gasteiger partial charge in [0, 0.05) is 17.6 Å². The summed E-state index contributed by atoms with van der Waals surface area (Å²) in [6.07, 6.45) is 1.48. The monoisotopic (exact) mass is 267 g/mol. The maximum atomic E-state index is 10.1. The van der Waals surface area contributed by atoms with Gasteiger partial charge < -0.3 is 5.11 Å². The summed E-state index contributed by atoms with van der Waals surface area (Å²) in [7, 11) is 0. The number of aliphatic hydroxyl groups excluding tert-OH is 1. The second-order valence-electron chi connectivity index (χ2n) is 3.76. The standard InChI is InChI=1S/C13H11Cl2NO/c14-11-3-1-2-9(6-11)7-12(17)10-4-5-16-13(15)8-10/h1-6,8,12,17H,7H2. The second kappa shape index (κ2) is 5.50. The van der Waals surface area contributed by atoms with Crippen LogP contribution in [0.25, 0.3) is 0 Å². The molecule has 0 radical (unpaired) electrons. The molecular weight excluding hydrogens is 257 g/mol. The third-order valence-corrected chi connectivity index (χ3v) is 2.90. The van der Waals surface area contributed by atoms with Crippen molar-refractivity contribution >= 4 is 23.2 Å². The lowest BCUT2D eigenvalue weighted by atomic mass is 10.0. The number of hydrogen-bond donors (Lipinski definition) is 1. The molecule has 0 aliphatic rings. The molecule has 1 unspecified atom stereocenters.